The average Bonchev–Trinajstić information content (AvgIpc) is 2.92. The van der Waals surface area contributed by atoms with Crippen LogP contribution in [0.4, 0.5) is 0 Å². The first-order valence-corrected chi connectivity index (χ1v) is 6.36. The summed E-state index contributed by atoms with van der Waals surface area (Å²) in [4.78, 5) is 23.8. The Hall–Kier alpha value is -1.82. The minimum atomic E-state index is -1.06. The van der Waals surface area contributed by atoms with Gasteiger partial charge < -0.3 is 19.3 Å². The Morgan fingerprint density at radius 2 is 1.79 bits per heavy atom. The number of carbonyl (C=O) groups excluding carboxylic acids is 1. The van der Waals surface area contributed by atoms with Gasteiger partial charge in [0, 0.05) is 31.5 Å². The normalized spacial score (nSPS) is 16.5. The van der Waals surface area contributed by atoms with Crippen LogP contribution in [0.15, 0.2) is 24.5 Å². The zero-order valence-corrected chi connectivity index (χ0v) is 10.7. The lowest BCUT2D eigenvalue weighted by atomic mass is 10.1. The summed E-state index contributed by atoms with van der Waals surface area (Å²) in [6.07, 6.45) is 5.91. The van der Waals surface area contributed by atoms with Crippen LogP contribution in [0.1, 0.15) is 18.9 Å². The summed E-state index contributed by atoms with van der Waals surface area (Å²) in [6, 6.07) is 4.44. The monoisotopic (exact) mass is 266 g/mol. The molecule has 2 heterocycles. The summed E-state index contributed by atoms with van der Waals surface area (Å²) in [5.41, 5.74) is 0. The highest BCUT2D eigenvalue weighted by Gasteiger charge is 2.23. The minimum Gasteiger partial charge on any atom is -0.480 e. The first-order valence-electron chi connectivity index (χ1n) is 6.36. The predicted molar refractivity (Wildman–Crippen MR) is 67.7 cm³/mol. The van der Waals surface area contributed by atoms with Gasteiger partial charge in [-0.2, -0.15) is 0 Å². The molecule has 1 fully saturated rings. The fraction of sp³-hybridized carbons (Fsp3) is 0.538. The first-order chi connectivity index (χ1) is 9.16. The molecule has 0 aliphatic carbocycles. The third kappa shape index (κ3) is 3.82. The molecule has 19 heavy (non-hydrogen) atoms. The number of carboxylic acids is 1. The lowest BCUT2D eigenvalue weighted by Crippen LogP contribution is -2.41. The Labute approximate surface area is 111 Å². The van der Waals surface area contributed by atoms with E-state index in [9.17, 15) is 9.59 Å². The Morgan fingerprint density at radius 1 is 1.16 bits per heavy atom. The largest absolute Gasteiger partial charge is 0.480 e. The second-order valence-corrected chi connectivity index (χ2v) is 4.63. The van der Waals surface area contributed by atoms with Crippen molar-refractivity contribution in [3.8, 4) is 0 Å². The van der Waals surface area contributed by atoms with Crippen LogP contribution in [-0.2, 0) is 14.3 Å². The Kier molecular flexibility index (Phi) is 4.57. The summed E-state index contributed by atoms with van der Waals surface area (Å²) >= 11 is 0. The van der Waals surface area contributed by atoms with Crippen molar-refractivity contribution in [2.24, 2.45) is 0 Å². The number of piperidine rings is 1. The molecule has 0 bridgehead atoms. The van der Waals surface area contributed by atoms with Crippen molar-refractivity contribution in [2.75, 3.05) is 26.3 Å². The van der Waals surface area contributed by atoms with Crippen molar-refractivity contribution >= 4 is 11.9 Å². The molecule has 0 radical (unpaired) electrons. The predicted octanol–water partition coefficient (Wildman–Crippen LogP) is 0.753. The summed E-state index contributed by atoms with van der Waals surface area (Å²) in [5, 5.41) is 8.42. The number of carbonyl (C=O) groups is 2. The van der Waals surface area contributed by atoms with Crippen LogP contribution in [-0.4, -0.2) is 52.8 Å². The van der Waals surface area contributed by atoms with Crippen LogP contribution < -0.4 is 0 Å². The highest BCUT2D eigenvalue weighted by Crippen LogP contribution is 2.22. The number of carboxylic acid groups (broad SMARTS) is 1. The molecule has 6 heteroatoms. The van der Waals surface area contributed by atoms with E-state index in [1.54, 1.807) is 4.90 Å². The lowest BCUT2D eigenvalue weighted by molar-refractivity contribution is -0.146. The molecule has 104 valence electrons. The van der Waals surface area contributed by atoms with Gasteiger partial charge in [0.15, 0.2) is 0 Å². The van der Waals surface area contributed by atoms with E-state index < -0.39 is 12.6 Å². The number of amides is 1. The Morgan fingerprint density at radius 3 is 2.37 bits per heavy atom. The molecule has 1 aromatic rings. The van der Waals surface area contributed by atoms with Crippen molar-refractivity contribution in [3.05, 3.63) is 24.5 Å². The lowest BCUT2D eigenvalue weighted by Gasteiger charge is -2.32. The molecule has 0 aromatic carbocycles. The molecular weight excluding hydrogens is 248 g/mol. The van der Waals surface area contributed by atoms with Crippen LogP contribution in [0.5, 0.6) is 0 Å². The van der Waals surface area contributed by atoms with Crippen LogP contribution in [0.25, 0.3) is 0 Å². The van der Waals surface area contributed by atoms with Gasteiger partial charge in [-0.1, -0.05) is 0 Å². The van der Waals surface area contributed by atoms with Gasteiger partial charge in [-0.25, -0.2) is 4.79 Å². The van der Waals surface area contributed by atoms with Crippen LogP contribution in [0, 0.1) is 0 Å². The topological polar surface area (TPSA) is 71.8 Å². The molecule has 0 spiro atoms. The zero-order chi connectivity index (χ0) is 13.7. The van der Waals surface area contributed by atoms with Crippen molar-refractivity contribution in [2.45, 2.75) is 18.9 Å². The molecule has 1 aliphatic rings. The van der Waals surface area contributed by atoms with Gasteiger partial charge in [0.25, 0.3) is 0 Å². The Balaban J connectivity index is 1.73. The van der Waals surface area contributed by atoms with E-state index in [-0.39, 0.29) is 12.5 Å². The van der Waals surface area contributed by atoms with Crippen molar-refractivity contribution in [3.63, 3.8) is 0 Å². The molecule has 0 saturated carbocycles. The maximum Gasteiger partial charge on any atom is 0.329 e. The highest BCUT2D eigenvalue weighted by atomic mass is 16.5. The fourth-order valence-corrected chi connectivity index (χ4v) is 2.32. The molecule has 0 unspecified atom stereocenters. The molecule has 6 nitrogen and oxygen atoms in total. The maximum absolute atomic E-state index is 11.8. The average molecular weight is 266 g/mol. The van der Waals surface area contributed by atoms with Gasteiger partial charge in [-0.15, -0.1) is 0 Å². The number of hydrogen-bond acceptors (Lipinski definition) is 3. The number of aromatic nitrogens is 1. The molecule has 0 atom stereocenters. The summed E-state index contributed by atoms with van der Waals surface area (Å²) in [7, 11) is 0. The molecule has 1 amide bonds. The third-order valence-corrected chi connectivity index (χ3v) is 3.32. The van der Waals surface area contributed by atoms with Gasteiger partial charge in [-0.3, -0.25) is 4.79 Å². The number of ether oxygens (including phenoxy) is 1. The van der Waals surface area contributed by atoms with Gasteiger partial charge in [0.1, 0.15) is 13.2 Å². The zero-order valence-electron chi connectivity index (χ0n) is 10.7. The summed E-state index contributed by atoms with van der Waals surface area (Å²) < 4.78 is 6.98. The molecular formula is C13H18N2O4. The van der Waals surface area contributed by atoms with Gasteiger partial charge >= 0.3 is 5.97 Å². The van der Waals surface area contributed by atoms with Crippen molar-refractivity contribution in [1.29, 1.82) is 0 Å². The van der Waals surface area contributed by atoms with Gasteiger partial charge in [0.2, 0.25) is 5.91 Å². The third-order valence-electron chi connectivity index (χ3n) is 3.32. The number of aliphatic carboxylic acids is 1. The first kappa shape index (κ1) is 13.6. The summed E-state index contributed by atoms with van der Waals surface area (Å²) in [6.45, 7) is 0.808. The number of nitrogens with zero attached hydrogens (tertiary/aromatic N) is 2. The van der Waals surface area contributed by atoms with Crippen molar-refractivity contribution < 1.29 is 19.4 Å². The van der Waals surface area contributed by atoms with Crippen LogP contribution >= 0.6 is 0 Å². The van der Waals surface area contributed by atoms with E-state index in [0.717, 1.165) is 12.8 Å². The maximum atomic E-state index is 11.8. The standard InChI is InChI=1S/C13H18N2O4/c16-12(9-19-10-13(17)18)15-7-3-11(4-8-15)14-5-1-2-6-14/h1-2,5-6,11H,3-4,7-10H2,(H,17,18). The van der Waals surface area contributed by atoms with E-state index in [4.69, 9.17) is 9.84 Å². The van der Waals surface area contributed by atoms with Crippen molar-refractivity contribution in [1.82, 2.24) is 9.47 Å². The van der Waals surface area contributed by atoms with Crippen LogP contribution in [0.2, 0.25) is 0 Å². The smallest absolute Gasteiger partial charge is 0.329 e. The quantitative estimate of drug-likeness (QED) is 0.853. The highest BCUT2D eigenvalue weighted by molar-refractivity contribution is 5.78. The molecule has 1 aliphatic heterocycles. The SMILES string of the molecule is O=C(O)COCC(=O)N1CCC(n2cccc2)CC1. The second kappa shape index (κ2) is 6.38. The van der Waals surface area contributed by atoms with E-state index in [2.05, 4.69) is 4.57 Å². The number of likely N-dealkylation sites (tertiary alicyclic amines) is 1. The summed E-state index contributed by atoms with van der Waals surface area (Å²) in [5.74, 6) is -1.19. The fourth-order valence-electron chi connectivity index (χ4n) is 2.32. The van der Waals surface area contributed by atoms with Gasteiger partial charge in [-0.05, 0) is 25.0 Å². The van der Waals surface area contributed by atoms with E-state index in [1.807, 2.05) is 24.5 Å². The minimum absolute atomic E-state index is 0.132. The van der Waals surface area contributed by atoms with E-state index in [1.165, 1.54) is 0 Å². The van der Waals surface area contributed by atoms with Gasteiger partial charge in [0.05, 0.1) is 0 Å². The Bertz CT molecular complexity index is 422. The van der Waals surface area contributed by atoms with E-state index >= 15 is 0 Å². The second-order valence-electron chi connectivity index (χ2n) is 4.63. The number of rotatable bonds is 5. The molecule has 1 aromatic heterocycles. The number of hydrogen-bond donors (Lipinski definition) is 1. The molecule has 1 N–H and O–H groups in total. The molecule has 1 saturated heterocycles. The molecule has 2 rings (SSSR count). The van der Waals surface area contributed by atoms with E-state index in [0.29, 0.717) is 19.1 Å². The van der Waals surface area contributed by atoms with Crippen LogP contribution in [0.3, 0.4) is 0 Å².